The van der Waals surface area contributed by atoms with E-state index in [1.165, 1.54) is 5.69 Å². The Hall–Kier alpha value is -0.870. The number of aryl methyl sites for hydroxylation is 1. The molecule has 1 saturated heterocycles. The first-order valence-electron chi connectivity index (χ1n) is 6.99. The zero-order valence-corrected chi connectivity index (χ0v) is 12.1. The molecule has 102 valence electrons. The first-order valence-corrected chi connectivity index (χ1v) is 6.99. The Kier molecular flexibility index (Phi) is 3.78. The lowest BCUT2D eigenvalue weighted by Gasteiger charge is -2.38. The van der Waals surface area contributed by atoms with E-state index in [9.17, 15) is 0 Å². The highest BCUT2D eigenvalue weighted by atomic mass is 15.3. The van der Waals surface area contributed by atoms with E-state index in [0.29, 0.717) is 6.04 Å². The molecule has 1 aromatic rings. The second-order valence-electron chi connectivity index (χ2n) is 6.24. The lowest BCUT2D eigenvalue weighted by molar-refractivity contribution is 0.111. The fourth-order valence-electron chi connectivity index (χ4n) is 2.94. The minimum absolute atomic E-state index is 0.153. The highest BCUT2D eigenvalue weighted by Crippen LogP contribution is 2.36. The number of likely N-dealkylation sites (tertiary alicyclic amines) is 1. The molecular weight excluding hydrogens is 224 g/mol. The summed E-state index contributed by atoms with van der Waals surface area (Å²) in [6.07, 6.45) is 4.07. The largest absolute Gasteiger partial charge is 0.326 e. The van der Waals surface area contributed by atoms with E-state index in [0.717, 1.165) is 25.9 Å². The average Bonchev–Trinajstić information content (AvgIpc) is 2.84. The minimum Gasteiger partial charge on any atom is -0.326 e. The highest BCUT2D eigenvalue weighted by Gasteiger charge is 2.40. The van der Waals surface area contributed by atoms with Gasteiger partial charge in [-0.25, -0.2) is 0 Å². The third-order valence-corrected chi connectivity index (χ3v) is 3.79. The number of hydrogen-bond acceptors (Lipinski definition) is 3. The van der Waals surface area contributed by atoms with Crippen LogP contribution in [0.1, 0.15) is 52.3 Å². The lowest BCUT2D eigenvalue weighted by atomic mass is 10.0. The van der Waals surface area contributed by atoms with Crippen LogP contribution in [0.15, 0.2) is 12.3 Å². The zero-order chi connectivity index (χ0) is 13.3. The number of nitrogens with two attached hydrogens (primary N) is 1. The summed E-state index contributed by atoms with van der Waals surface area (Å²) in [7, 11) is 0. The van der Waals surface area contributed by atoms with Gasteiger partial charge < -0.3 is 5.73 Å². The van der Waals surface area contributed by atoms with Gasteiger partial charge in [-0.05, 0) is 39.7 Å². The Balaban J connectivity index is 2.31. The SMILES string of the molecule is CCCn1nccc1C1C(N)CCN1C(C)(C)C. The van der Waals surface area contributed by atoms with Gasteiger partial charge in [-0.15, -0.1) is 0 Å². The normalized spacial score (nSPS) is 25.8. The van der Waals surface area contributed by atoms with Crippen LogP contribution in [0.25, 0.3) is 0 Å². The Morgan fingerprint density at radius 2 is 2.17 bits per heavy atom. The minimum atomic E-state index is 0.153. The molecule has 2 unspecified atom stereocenters. The molecule has 1 aliphatic rings. The second-order valence-corrected chi connectivity index (χ2v) is 6.24. The summed E-state index contributed by atoms with van der Waals surface area (Å²) in [5, 5.41) is 4.44. The van der Waals surface area contributed by atoms with Gasteiger partial charge in [0.15, 0.2) is 0 Å². The van der Waals surface area contributed by atoms with Crippen LogP contribution >= 0.6 is 0 Å². The van der Waals surface area contributed by atoms with Crippen molar-refractivity contribution < 1.29 is 0 Å². The monoisotopic (exact) mass is 250 g/mol. The van der Waals surface area contributed by atoms with Crippen molar-refractivity contribution in [2.45, 2.75) is 64.7 Å². The first-order chi connectivity index (χ1) is 8.45. The maximum absolute atomic E-state index is 6.34. The topological polar surface area (TPSA) is 47.1 Å². The van der Waals surface area contributed by atoms with Gasteiger partial charge in [-0.2, -0.15) is 5.10 Å². The summed E-state index contributed by atoms with van der Waals surface area (Å²) in [5.74, 6) is 0. The van der Waals surface area contributed by atoms with Gasteiger partial charge in [0.05, 0.1) is 11.7 Å². The predicted molar refractivity (Wildman–Crippen MR) is 74.3 cm³/mol. The fourth-order valence-corrected chi connectivity index (χ4v) is 2.94. The number of aromatic nitrogens is 2. The van der Waals surface area contributed by atoms with E-state index in [2.05, 4.69) is 48.4 Å². The molecule has 2 rings (SSSR count). The molecular formula is C14H26N4. The molecule has 0 radical (unpaired) electrons. The van der Waals surface area contributed by atoms with Gasteiger partial charge in [0.2, 0.25) is 0 Å². The van der Waals surface area contributed by atoms with Crippen molar-refractivity contribution in [3.8, 4) is 0 Å². The van der Waals surface area contributed by atoms with Gasteiger partial charge in [-0.1, -0.05) is 6.92 Å². The lowest BCUT2D eigenvalue weighted by Crippen LogP contribution is -2.44. The first kappa shape index (κ1) is 13.6. The van der Waals surface area contributed by atoms with Crippen LogP contribution in [0.5, 0.6) is 0 Å². The Labute approximate surface area is 110 Å². The molecule has 1 fully saturated rings. The van der Waals surface area contributed by atoms with E-state index in [4.69, 9.17) is 5.73 Å². The number of rotatable bonds is 3. The third kappa shape index (κ3) is 2.45. The quantitative estimate of drug-likeness (QED) is 0.894. The van der Waals surface area contributed by atoms with E-state index in [-0.39, 0.29) is 11.6 Å². The van der Waals surface area contributed by atoms with E-state index >= 15 is 0 Å². The summed E-state index contributed by atoms with van der Waals surface area (Å²) >= 11 is 0. The third-order valence-electron chi connectivity index (χ3n) is 3.79. The molecule has 0 spiro atoms. The van der Waals surface area contributed by atoms with Crippen LogP contribution < -0.4 is 5.73 Å². The molecule has 0 amide bonds. The Morgan fingerprint density at radius 1 is 1.44 bits per heavy atom. The molecule has 4 heteroatoms. The van der Waals surface area contributed by atoms with Crippen LogP contribution in [-0.4, -0.2) is 32.8 Å². The van der Waals surface area contributed by atoms with Crippen molar-refractivity contribution in [3.05, 3.63) is 18.0 Å². The Bertz CT molecular complexity index is 391. The van der Waals surface area contributed by atoms with Crippen molar-refractivity contribution in [3.63, 3.8) is 0 Å². The molecule has 2 heterocycles. The smallest absolute Gasteiger partial charge is 0.0675 e. The zero-order valence-electron chi connectivity index (χ0n) is 12.1. The van der Waals surface area contributed by atoms with Crippen molar-refractivity contribution in [2.75, 3.05) is 6.54 Å². The average molecular weight is 250 g/mol. The molecule has 2 N–H and O–H groups in total. The standard InChI is InChI=1S/C14H26N4/c1-5-9-18-12(6-8-16-18)13-11(15)7-10-17(13)14(2,3)4/h6,8,11,13H,5,7,9-10,15H2,1-4H3. The summed E-state index contributed by atoms with van der Waals surface area (Å²) in [6, 6.07) is 2.65. The molecule has 4 nitrogen and oxygen atoms in total. The molecule has 1 aromatic heterocycles. The maximum Gasteiger partial charge on any atom is 0.0675 e. The number of hydrogen-bond donors (Lipinski definition) is 1. The van der Waals surface area contributed by atoms with Crippen molar-refractivity contribution >= 4 is 0 Å². The van der Waals surface area contributed by atoms with Crippen molar-refractivity contribution in [1.82, 2.24) is 14.7 Å². The van der Waals surface area contributed by atoms with Crippen LogP contribution in [-0.2, 0) is 6.54 Å². The molecule has 0 aliphatic carbocycles. The van der Waals surface area contributed by atoms with Crippen LogP contribution in [0.3, 0.4) is 0 Å². The van der Waals surface area contributed by atoms with Crippen LogP contribution in [0.2, 0.25) is 0 Å². The van der Waals surface area contributed by atoms with Crippen LogP contribution in [0.4, 0.5) is 0 Å². The fraction of sp³-hybridized carbons (Fsp3) is 0.786. The molecule has 0 bridgehead atoms. The molecule has 0 aromatic carbocycles. The van der Waals surface area contributed by atoms with Crippen molar-refractivity contribution in [2.24, 2.45) is 5.73 Å². The van der Waals surface area contributed by atoms with E-state index in [1.54, 1.807) is 0 Å². The highest BCUT2D eigenvalue weighted by molar-refractivity contribution is 5.14. The second kappa shape index (κ2) is 5.02. The van der Waals surface area contributed by atoms with Gasteiger partial charge >= 0.3 is 0 Å². The maximum atomic E-state index is 6.34. The van der Waals surface area contributed by atoms with Gasteiger partial charge in [-0.3, -0.25) is 9.58 Å². The summed E-state index contributed by atoms with van der Waals surface area (Å²) < 4.78 is 2.12. The Morgan fingerprint density at radius 3 is 2.78 bits per heavy atom. The van der Waals surface area contributed by atoms with Gasteiger partial charge in [0, 0.05) is 30.9 Å². The summed E-state index contributed by atoms with van der Waals surface area (Å²) in [5.41, 5.74) is 7.77. The van der Waals surface area contributed by atoms with Gasteiger partial charge in [0.25, 0.3) is 0 Å². The van der Waals surface area contributed by atoms with E-state index < -0.39 is 0 Å². The molecule has 0 saturated carbocycles. The summed E-state index contributed by atoms with van der Waals surface area (Å²) in [6.45, 7) is 11.0. The van der Waals surface area contributed by atoms with Crippen molar-refractivity contribution in [1.29, 1.82) is 0 Å². The molecule has 18 heavy (non-hydrogen) atoms. The predicted octanol–water partition coefficient (Wildman–Crippen LogP) is 2.17. The van der Waals surface area contributed by atoms with Crippen LogP contribution in [0, 0.1) is 0 Å². The van der Waals surface area contributed by atoms with Gasteiger partial charge in [0.1, 0.15) is 0 Å². The molecule has 1 aliphatic heterocycles. The number of nitrogens with zero attached hydrogens (tertiary/aromatic N) is 3. The summed E-state index contributed by atoms with van der Waals surface area (Å²) in [4.78, 5) is 2.51. The molecule has 2 atom stereocenters. The van der Waals surface area contributed by atoms with E-state index in [1.807, 2.05) is 6.20 Å².